The van der Waals surface area contributed by atoms with Crippen molar-refractivity contribution in [2.24, 2.45) is 7.05 Å². The van der Waals surface area contributed by atoms with Gasteiger partial charge in [0, 0.05) is 14.2 Å². The lowest BCUT2D eigenvalue weighted by molar-refractivity contribution is -0.0112. The Morgan fingerprint density at radius 3 is 2.43 bits per heavy atom. The standard InChI is InChI=1S/C17H18N2O2/c1-19-15-11-7-6-10-14(15)18-16(19)17(20,12-21-2)13-8-4-3-5-9-13/h3-11,20H,12H2,1-2H3. The van der Waals surface area contributed by atoms with Crippen molar-refractivity contribution >= 4 is 11.0 Å². The van der Waals surface area contributed by atoms with Gasteiger partial charge in [0.2, 0.25) is 0 Å². The van der Waals surface area contributed by atoms with Gasteiger partial charge in [-0.3, -0.25) is 0 Å². The molecule has 0 aliphatic heterocycles. The fraction of sp³-hybridized carbons (Fsp3) is 0.235. The molecule has 21 heavy (non-hydrogen) atoms. The van der Waals surface area contributed by atoms with E-state index < -0.39 is 5.60 Å². The first-order valence-corrected chi connectivity index (χ1v) is 6.85. The molecule has 108 valence electrons. The molecular weight excluding hydrogens is 264 g/mol. The highest BCUT2D eigenvalue weighted by Crippen LogP contribution is 2.31. The van der Waals surface area contributed by atoms with Crippen LogP contribution in [0.1, 0.15) is 11.4 Å². The van der Waals surface area contributed by atoms with Crippen molar-refractivity contribution in [1.82, 2.24) is 9.55 Å². The summed E-state index contributed by atoms with van der Waals surface area (Å²) in [4.78, 5) is 4.61. The van der Waals surface area contributed by atoms with Gasteiger partial charge in [0.15, 0.2) is 5.60 Å². The van der Waals surface area contributed by atoms with E-state index in [-0.39, 0.29) is 6.61 Å². The fourth-order valence-corrected chi connectivity index (χ4v) is 2.72. The summed E-state index contributed by atoms with van der Waals surface area (Å²) in [6, 6.07) is 17.3. The second-order valence-corrected chi connectivity index (χ2v) is 5.14. The summed E-state index contributed by atoms with van der Waals surface area (Å²) < 4.78 is 7.18. The molecule has 0 aliphatic rings. The Balaban J connectivity index is 2.22. The molecule has 0 saturated carbocycles. The maximum atomic E-state index is 11.2. The summed E-state index contributed by atoms with van der Waals surface area (Å²) >= 11 is 0. The Bertz CT molecular complexity index is 752. The largest absolute Gasteiger partial charge is 0.381 e. The quantitative estimate of drug-likeness (QED) is 0.799. The SMILES string of the molecule is COCC(O)(c1ccccc1)c1nc2ccccc2n1C. The highest BCUT2D eigenvalue weighted by atomic mass is 16.5. The van der Waals surface area contributed by atoms with Gasteiger partial charge in [-0.15, -0.1) is 0 Å². The van der Waals surface area contributed by atoms with Crippen LogP contribution in [-0.4, -0.2) is 28.4 Å². The molecule has 0 radical (unpaired) electrons. The molecule has 2 aromatic carbocycles. The number of benzene rings is 2. The summed E-state index contributed by atoms with van der Waals surface area (Å²) in [6.07, 6.45) is 0. The third-order valence-electron chi connectivity index (χ3n) is 3.76. The number of hydrogen-bond donors (Lipinski definition) is 1. The molecule has 0 bridgehead atoms. The highest BCUT2D eigenvalue weighted by Gasteiger charge is 2.36. The van der Waals surface area contributed by atoms with E-state index in [4.69, 9.17) is 4.74 Å². The number of fused-ring (bicyclic) bond motifs is 1. The van der Waals surface area contributed by atoms with Crippen LogP contribution in [0.25, 0.3) is 11.0 Å². The average Bonchev–Trinajstić information content (AvgIpc) is 2.86. The van der Waals surface area contributed by atoms with Gasteiger partial charge in [0.1, 0.15) is 5.82 Å². The predicted octanol–water partition coefficient (Wildman–Crippen LogP) is 2.46. The minimum Gasteiger partial charge on any atom is -0.381 e. The Kier molecular flexibility index (Phi) is 3.49. The summed E-state index contributed by atoms with van der Waals surface area (Å²) in [7, 11) is 3.49. The number of ether oxygens (including phenoxy) is 1. The number of aliphatic hydroxyl groups is 1. The lowest BCUT2D eigenvalue weighted by atomic mass is 9.93. The van der Waals surface area contributed by atoms with E-state index in [1.807, 2.05) is 66.2 Å². The number of nitrogens with zero attached hydrogens (tertiary/aromatic N) is 2. The lowest BCUT2D eigenvalue weighted by Crippen LogP contribution is -2.35. The van der Waals surface area contributed by atoms with E-state index in [0.717, 1.165) is 16.6 Å². The number of aromatic nitrogens is 2. The number of para-hydroxylation sites is 2. The van der Waals surface area contributed by atoms with Crippen molar-refractivity contribution in [3.05, 3.63) is 66.0 Å². The van der Waals surface area contributed by atoms with Crippen molar-refractivity contribution in [2.45, 2.75) is 5.60 Å². The van der Waals surface area contributed by atoms with Crippen LogP contribution in [0.15, 0.2) is 54.6 Å². The maximum absolute atomic E-state index is 11.2. The van der Waals surface area contributed by atoms with Crippen LogP contribution in [0.5, 0.6) is 0 Å². The zero-order valence-electron chi connectivity index (χ0n) is 12.2. The first-order chi connectivity index (χ1) is 10.2. The molecule has 0 amide bonds. The van der Waals surface area contributed by atoms with Gasteiger partial charge in [-0.2, -0.15) is 0 Å². The molecule has 3 aromatic rings. The smallest absolute Gasteiger partial charge is 0.170 e. The Labute approximate surface area is 123 Å². The molecule has 3 rings (SSSR count). The molecule has 4 heteroatoms. The van der Waals surface area contributed by atoms with Crippen LogP contribution in [-0.2, 0) is 17.4 Å². The van der Waals surface area contributed by atoms with Gasteiger partial charge in [0.25, 0.3) is 0 Å². The number of rotatable bonds is 4. The van der Waals surface area contributed by atoms with E-state index >= 15 is 0 Å². The van der Waals surface area contributed by atoms with Crippen LogP contribution in [0.3, 0.4) is 0 Å². The van der Waals surface area contributed by atoms with Gasteiger partial charge in [-0.25, -0.2) is 4.98 Å². The highest BCUT2D eigenvalue weighted by molar-refractivity contribution is 5.76. The topological polar surface area (TPSA) is 47.3 Å². The number of aryl methyl sites for hydroxylation is 1. The second kappa shape index (κ2) is 5.31. The fourth-order valence-electron chi connectivity index (χ4n) is 2.72. The van der Waals surface area contributed by atoms with Crippen molar-refractivity contribution in [3.8, 4) is 0 Å². The Morgan fingerprint density at radius 2 is 1.76 bits per heavy atom. The second-order valence-electron chi connectivity index (χ2n) is 5.14. The Morgan fingerprint density at radius 1 is 1.10 bits per heavy atom. The number of hydrogen-bond acceptors (Lipinski definition) is 3. The van der Waals surface area contributed by atoms with Gasteiger partial charge in [-0.1, -0.05) is 42.5 Å². The van der Waals surface area contributed by atoms with Gasteiger partial charge >= 0.3 is 0 Å². The van der Waals surface area contributed by atoms with Crippen LogP contribution >= 0.6 is 0 Å². The molecule has 1 atom stereocenters. The summed E-state index contributed by atoms with van der Waals surface area (Å²) in [5.74, 6) is 0.580. The predicted molar refractivity (Wildman–Crippen MR) is 82.0 cm³/mol. The molecule has 4 nitrogen and oxygen atoms in total. The van der Waals surface area contributed by atoms with Crippen molar-refractivity contribution in [2.75, 3.05) is 13.7 Å². The number of methoxy groups -OCH3 is 1. The molecule has 1 aromatic heterocycles. The monoisotopic (exact) mass is 282 g/mol. The third kappa shape index (κ3) is 2.22. The van der Waals surface area contributed by atoms with Gasteiger partial charge in [-0.05, 0) is 17.7 Å². The average molecular weight is 282 g/mol. The molecule has 0 aliphatic carbocycles. The van der Waals surface area contributed by atoms with Crippen molar-refractivity contribution in [1.29, 1.82) is 0 Å². The van der Waals surface area contributed by atoms with E-state index in [0.29, 0.717) is 5.82 Å². The van der Waals surface area contributed by atoms with Crippen LogP contribution in [0, 0.1) is 0 Å². The van der Waals surface area contributed by atoms with Crippen LogP contribution in [0.2, 0.25) is 0 Å². The molecular formula is C17H18N2O2. The minimum absolute atomic E-state index is 0.147. The molecule has 1 N–H and O–H groups in total. The normalized spacial score (nSPS) is 14.2. The zero-order chi connectivity index (χ0) is 14.9. The van der Waals surface area contributed by atoms with Crippen molar-refractivity contribution in [3.63, 3.8) is 0 Å². The van der Waals surface area contributed by atoms with Gasteiger partial charge in [0.05, 0.1) is 17.6 Å². The molecule has 0 saturated heterocycles. The van der Waals surface area contributed by atoms with E-state index in [9.17, 15) is 5.11 Å². The maximum Gasteiger partial charge on any atom is 0.170 e. The van der Waals surface area contributed by atoms with Crippen LogP contribution in [0.4, 0.5) is 0 Å². The lowest BCUT2D eigenvalue weighted by Gasteiger charge is -2.27. The van der Waals surface area contributed by atoms with Crippen molar-refractivity contribution < 1.29 is 9.84 Å². The molecule has 1 unspecified atom stereocenters. The molecule has 1 heterocycles. The van der Waals surface area contributed by atoms with Gasteiger partial charge < -0.3 is 14.4 Å². The summed E-state index contributed by atoms with van der Waals surface area (Å²) in [5.41, 5.74) is 1.34. The third-order valence-corrected chi connectivity index (χ3v) is 3.76. The van der Waals surface area contributed by atoms with Crippen LogP contribution < -0.4 is 0 Å². The summed E-state index contributed by atoms with van der Waals surface area (Å²) in [6.45, 7) is 0.147. The first kappa shape index (κ1) is 13.8. The zero-order valence-corrected chi connectivity index (χ0v) is 12.2. The Hall–Kier alpha value is -2.17. The number of imidazole rings is 1. The molecule has 0 spiro atoms. The summed E-state index contributed by atoms with van der Waals surface area (Å²) in [5, 5.41) is 11.2. The van der Waals surface area contributed by atoms with E-state index in [2.05, 4.69) is 4.98 Å². The van der Waals surface area contributed by atoms with E-state index in [1.165, 1.54) is 0 Å². The first-order valence-electron chi connectivity index (χ1n) is 6.85. The molecule has 0 fully saturated rings. The minimum atomic E-state index is -1.27. The van der Waals surface area contributed by atoms with E-state index in [1.54, 1.807) is 7.11 Å².